The third kappa shape index (κ3) is 5.02. The van der Waals surface area contributed by atoms with Gasteiger partial charge in [0.25, 0.3) is 5.69 Å². The Bertz CT molecular complexity index is 689. The van der Waals surface area contributed by atoms with E-state index in [9.17, 15) is 14.9 Å². The Labute approximate surface area is 131 Å². The van der Waals surface area contributed by atoms with Crippen LogP contribution in [0.2, 0.25) is 0 Å². The summed E-state index contributed by atoms with van der Waals surface area (Å²) in [6, 6.07) is 15.6. The minimum atomic E-state index is -0.480. The van der Waals surface area contributed by atoms with E-state index in [2.05, 4.69) is 10.5 Å². The molecule has 0 unspecified atom stereocenters. The number of amides is 1. The smallest absolute Gasteiger partial charge is 0.270 e. The number of non-ortho nitro benzene ring substituents is 1. The second-order valence-electron chi connectivity index (χ2n) is 4.25. The molecule has 0 atom stereocenters. The lowest BCUT2D eigenvalue weighted by atomic mass is 10.2. The lowest BCUT2D eigenvalue weighted by Crippen LogP contribution is -2.19. The molecule has 0 aromatic heterocycles. The molecule has 1 amide bonds. The van der Waals surface area contributed by atoms with Gasteiger partial charge in [0, 0.05) is 22.6 Å². The highest BCUT2D eigenvalue weighted by molar-refractivity contribution is 8.00. The highest BCUT2D eigenvalue weighted by atomic mass is 32.2. The normalized spacial score (nSPS) is 10.5. The van der Waals surface area contributed by atoms with Gasteiger partial charge in [0.15, 0.2) is 0 Å². The lowest BCUT2D eigenvalue weighted by Gasteiger charge is -2.00. The van der Waals surface area contributed by atoms with E-state index in [4.69, 9.17) is 0 Å². The number of thioether (sulfide) groups is 1. The summed E-state index contributed by atoms with van der Waals surface area (Å²) in [4.78, 5) is 22.8. The molecule has 0 saturated heterocycles. The number of carbonyl (C=O) groups is 1. The second kappa shape index (κ2) is 7.94. The number of benzene rings is 2. The first kappa shape index (κ1) is 15.7. The average molecular weight is 315 g/mol. The van der Waals surface area contributed by atoms with Crippen molar-refractivity contribution in [3.8, 4) is 0 Å². The summed E-state index contributed by atoms with van der Waals surface area (Å²) in [5, 5.41) is 14.4. The Balaban J connectivity index is 1.83. The van der Waals surface area contributed by atoms with Gasteiger partial charge in [0.05, 0.1) is 16.9 Å². The Hall–Kier alpha value is -2.67. The Morgan fingerprint density at radius 3 is 2.73 bits per heavy atom. The first-order chi connectivity index (χ1) is 10.6. The van der Waals surface area contributed by atoms with Gasteiger partial charge >= 0.3 is 0 Å². The fraction of sp³-hybridized carbons (Fsp3) is 0.0667. The number of nitro benzene ring substituents is 1. The molecule has 0 spiro atoms. The van der Waals surface area contributed by atoms with Gasteiger partial charge in [-0.25, -0.2) is 5.43 Å². The van der Waals surface area contributed by atoms with Crippen LogP contribution in [0, 0.1) is 10.1 Å². The van der Waals surface area contributed by atoms with Crippen molar-refractivity contribution in [2.24, 2.45) is 5.10 Å². The molecule has 0 saturated carbocycles. The first-order valence-electron chi connectivity index (χ1n) is 6.39. The Morgan fingerprint density at radius 1 is 1.23 bits per heavy atom. The molecular formula is C15H13N3O3S. The molecule has 22 heavy (non-hydrogen) atoms. The fourth-order valence-corrected chi connectivity index (χ4v) is 2.31. The van der Waals surface area contributed by atoms with E-state index < -0.39 is 4.92 Å². The lowest BCUT2D eigenvalue weighted by molar-refractivity contribution is -0.384. The summed E-state index contributed by atoms with van der Waals surface area (Å²) in [5.41, 5.74) is 2.92. The minimum absolute atomic E-state index is 0.0186. The van der Waals surface area contributed by atoms with Crippen LogP contribution >= 0.6 is 11.8 Å². The zero-order chi connectivity index (χ0) is 15.8. The molecule has 7 heteroatoms. The first-order valence-corrected chi connectivity index (χ1v) is 7.38. The minimum Gasteiger partial charge on any atom is -0.272 e. The molecule has 0 heterocycles. The van der Waals surface area contributed by atoms with Crippen molar-refractivity contribution < 1.29 is 9.72 Å². The molecule has 0 bridgehead atoms. The molecule has 112 valence electrons. The standard InChI is InChI=1S/C15H13N3O3S/c19-15(11-22-14-7-2-1-3-8-14)17-16-10-12-5-4-6-13(9-12)18(20)21/h1-10H,11H2,(H,17,19)/b16-10+. The maximum absolute atomic E-state index is 11.6. The summed E-state index contributed by atoms with van der Waals surface area (Å²) in [6.07, 6.45) is 1.37. The van der Waals surface area contributed by atoms with E-state index in [1.54, 1.807) is 12.1 Å². The van der Waals surface area contributed by atoms with Crippen LogP contribution in [-0.4, -0.2) is 22.8 Å². The third-order valence-electron chi connectivity index (χ3n) is 2.60. The maximum Gasteiger partial charge on any atom is 0.270 e. The quantitative estimate of drug-likeness (QED) is 0.384. The number of nitrogens with one attached hydrogen (secondary N) is 1. The highest BCUT2D eigenvalue weighted by Crippen LogP contribution is 2.16. The van der Waals surface area contributed by atoms with Crippen molar-refractivity contribution in [3.63, 3.8) is 0 Å². The van der Waals surface area contributed by atoms with Crippen LogP contribution < -0.4 is 5.43 Å². The van der Waals surface area contributed by atoms with Gasteiger partial charge in [-0.3, -0.25) is 14.9 Å². The zero-order valence-electron chi connectivity index (χ0n) is 11.5. The number of hydrazone groups is 1. The predicted octanol–water partition coefficient (Wildman–Crippen LogP) is 2.84. The highest BCUT2D eigenvalue weighted by Gasteiger charge is 2.04. The Morgan fingerprint density at radius 2 is 2.00 bits per heavy atom. The summed E-state index contributed by atoms with van der Waals surface area (Å²) in [7, 11) is 0. The number of hydrogen-bond acceptors (Lipinski definition) is 5. The number of nitro groups is 1. The van der Waals surface area contributed by atoms with Gasteiger partial charge in [0.1, 0.15) is 0 Å². The molecule has 0 fully saturated rings. The maximum atomic E-state index is 11.6. The van der Waals surface area contributed by atoms with Crippen LogP contribution in [0.25, 0.3) is 0 Å². The fourth-order valence-electron chi connectivity index (χ4n) is 1.60. The molecule has 2 rings (SSSR count). The number of carbonyl (C=O) groups excluding carboxylic acids is 1. The molecule has 0 radical (unpaired) electrons. The molecule has 6 nitrogen and oxygen atoms in total. The Kier molecular flexibility index (Phi) is 5.67. The molecule has 2 aromatic rings. The van der Waals surface area contributed by atoms with Gasteiger partial charge in [-0.15, -0.1) is 11.8 Å². The number of rotatable bonds is 6. The van der Waals surface area contributed by atoms with Crippen LogP contribution in [0.3, 0.4) is 0 Å². The van der Waals surface area contributed by atoms with E-state index in [-0.39, 0.29) is 17.3 Å². The van der Waals surface area contributed by atoms with Gasteiger partial charge in [0.2, 0.25) is 5.91 Å². The van der Waals surface area contributed by atoms with Crippen LogP contribution in [0.15, 0.2) is 64.6 Å². The summed E-state index contributed by atoms with van der Waals surface area (Å²) >= 11 is 1.41. The van der Waals surface area contributed by atoms with E-state index in [1.165, 1.54) is 30.1 Å². The van der Waals surface area contributed by atoms with Gasteiger partial charge in [-0.05, 0) is 12.1 Å². The van der Waals surface area contributed by atoms with Crippen LogP contribution in [0.1, 0.15) is 5.56 Å². The summed E-state index contributed by atoms with van der Waals surface area (Å²) in [6.45, 7) is 0. The third-order valence-corrected chi connectivity index (χ3v) is 3.61. The second-order valence-corrected chi connectivity index (χ2v) is 5.30. The topological polar surface area (TPSA) is 84.6 Å². The van der Waals surface area contributed by atoms with Gasteiger partial charge in [-0.2, -0.15) is 5.10 Å². The number of hydrogen-bond donors (Lipinski definition) is 1. The molecule has 0 aliphatic rings. The van der Waals surface area contributed by atoms with E-state index >= 15 is 0 Å². The molecule has 2 aromatic carbocycles. The number of nitrogens with zero attached hydrogens (tertiary/aromatic N) is 2. The van der Waals surface area contributed by atoms with Crippen LogP contribution in [-0.2, 0) is 4.79 Å². The van der Waals surface area contributed by atoms with E-state index in [0.29, 0.717) is 5.56 Å². The molecular weight excluding hydrogens is 302 g/mol. The predicted molar refractivity (Wildman–Crippen MR) is 86.0 cm³/mol. The van der Waals surface area contributed by atoms with Gasteiger partial charge < -0.3 is 0 Å². The summed E-state index contributed by atoms with van der Waals surface area (Å²) < 4.78 is 0. The van der Waals surface area contributed by atoms with Crippen LogP contribution in [0.4, 0.5) is 5.69 Å². The van der Waals surface area contributed by atoms with Gasteiger partial charge in [-0.1, -0.05) is 30.3 Å². The van der Waals surface area contributed by atoms with Crippen molar-refractivity contribution >= 4 is 29.6 Å². The van der Waals surface area contributed by atoms with Crippen molar-refractivity contribution in [3.05, 3.63) is 70.3 Å². The molecule has 1 N–H and O–H groups in total. The van der Waals surface area contributed by atoms with Crippen molar-refractivity contribution in [1.82, 2.24) is 5.43 Å². The largest absolute Gasteiger partial charge is 0.272 e. The molecule has 0 aliphatic heterocycles. The van der Waals surface area contributed by atoms with Crippen molar-refractivity contribution in [2.45, 2.75) is 4.90 Å². The van der Waals surface area contributed by atoms with Crippen molar-refractivity contribution in [1.29, 1.82) is 0 Å². The molecule has 0 aliphatic carbocycles. The zero-order valence-corrected chi connectivity index (χ0v) is 12.3. The monoisotopic (exact) mass is 315 g/mol. The van der Waals surface area contributed by atoms with Crippen LogP contribution in [0.5, 0.6) is 0 Å². The van der Waals surface area contributed by atoms with E-state index in [1.807, 2.05) is 30.3 Å². The van der Waals surface area contributed by atoms with Crippen molar-refractivity contribution in [2.75, 3.05) is 5.75 Å². The summed E-state index contributed by atoms with van der Waals surface area (Å²) in [5.74, 6) is 0.00607. The SMILES string of the molecule is O=C(CSc1ccccc1)N/N=C/c1cccc([N+](=O)[O-])c1. The average Bonchev–Trinajstić information content (AvgIpc) is 2.54. The van der Waals surface area contributed by atoms with E-state index in [0.717, 1.165) is 4.90 Å².